The second-order valence-corrected chi connectivity index (χ2v) is 9.36. The number of aromatic nitrogens is 6. The van der Waals surface area contributed by atoms with Crippen LogP contribution in [0.1, 0.15) is 31.1 Å². The van der Waals surface area contributed by atoms with Crippen LogP contribution in [-0.4, -0.2) is 36.4 Å². The van der Waals surface area contributed by atoms with Crippen molar-refractivity contribution < 1.29 is 17.9 Å². The summed E-state index contributed by atoms with van der Waals surface area (Å²) in [5.74, 6) is 1.11. The molecule has 0 atom stereocenters. The van der Waals surface area contributed by atoms with Crippen molar-refractivity contribution in [1.29, 1.82) is 0 Å². The number of nitrogens with zero attached hydrogens (tertiary/aromatic N) is 6. The Balaban J connectivity index is 1.50. The number of rotatable bonds is 6. The summed E-state index contributed by atoms with van der Waals surface area (Å²) in [6, 6.07) is 10.1. The van der Waals surface area contributed by atoms with Crippen LogP contribution in [0.25, 0.3) is 33.8 Å². The zero-order valence-electron chi connectivity index (χ0n) is 20.7. The summed E-state index contributed by atoms with van der Waals surface area (Å²) in [5.41, 5.74) is 8.11. The van der Waals surface area contributed by atoms with Gasteiger partial charge in [-0.1, -0.05) is 29.8 Å². The van der Waals surface area contributed by atoms with E-state index < -0.39 is 11.9 Å². The maximum atomic E-state index is 13.3. The predicted octanol–water partition coefficient (Wildman–Crippen LogP) is 6.25. The van der Waals surface area contributed by atoms with Crippen molar-refractivity contribution in [2.75, 3.05) is 12.8 Å². The minimum atomic E-state index is -4.55. The Bertz CT molecular complexity index is 1640. The van der Waals surface area contributed by atoms with Gasteiger partial charge in [0.15, 0.2) is 17.2 Å². The van der Waals surface area contributed by atoms with Crippen molar-refractivity contribution in [3.05, 3.63) is 71.3 Å². The Kier molecular flexibility index (Phi) is 6.47. The van der Waals surface area contributed by atoms with Crippen LogP contribution in [-0.2, 0) is 12.7 Å². The number of hydrogen-bond donors (Lipinski definition) is 1. The van der Waals surface area contributed by atoms with Crippen LogP contribution in [0.15, 0.2) is 55.0 Å². The van der Waals surface area contributed by atoms with Gasteiger partial charge in [-0.2, -0.15) is 18.3 Å². The van der Waals surface area contributed by atoms with Gasteiger partial charge < -0.3 is 15.0 Å². The van der Waals surface area contributed by atoms with Gasteiger partial charge in [-0.3, -0.25) is 0 Å². The predicted molar refractivity (Wildman–Crippen MR) is 139 cm³/mol. The highest BCUT2D eigenvalue weighted by atomic mass is 35.5. The molecule has 0 saturated heterocycles. The van der Waals surface area contributed by atoms with Crippen LogP contribution < -0.4 is 10.5 Å². The zero-order valence-corrected chi connectivity index (χ0v) is 21.4. The lowest BCUT2D eigenvalue weighted by Gasteiger charge is -2.13. The fraction of sp³-hybridized carbons (Fsp3) is 0.231. The minimum absolute atomic E-state index is 0.196. The van der Waals surface area contributed by atoms with E-state index in [2.05, 4.69) is 20.1 Å². The molecule has 12 heteroatoms. The molecule has 0 radical (unpaired) electrons. The largest absolute Gasteiger partial charge is 0.496 e. The lowest BCUT2D eigenvalue weighted by atomic mass is 10.1. The lowest BCUT2D eigenvalue weighted by molar-refractivity contribution is -0.140. The average Bonchev–Trinajstić information content (AvgIpc) is 3.50. The Morgan fingerprint density at radius 1 is 1.11 bits per heavy atom. The van der Waals surface area contributed by atoms with Crippen molar-refractivity contribution in [3.8, 4) is 28.5 Å². The smallest absolute Gasteiger partial charge is 0.434 e. The molecule has 3 heterocycles. The first-order valence-electron chi connectivity index (χ1n) is 11.6. The molecule has 0 spiro atoms. The van der Waals surface area contributed by atoms with E-state index in [4.69, 9.17) is 22.1 Å². The normalized spacial score (nSPS) is 12.0. The number of benzene rings is 2. The topological polar surface area (TPSA) is 96.7 Å². The number of halogens is 4. The van der Waals surface area contributed by atoms with E-state index in [0.717, 1.165) is 6.20 Å². The van der Waals surface area contributed by atoms with Gasteiger partial charge in [0.25, 0.3) is 0 Å². The number of hydrogen-bond acceptors (Lipinski definition) is 6. The Hall–Kier alpha value is -4.12. The third kappa shape index (κ3) is 4.65. The highest BCUT2D eigenvalue weighted by Gasteiger charge is 2.35. The van der Waals surface area contributed by atoms with Gasteiger partial charge in [0.1, 0.15) is 11.6 Å². The molecule has 5 rings (SSSR count). The summed E-state index contributed by atoms with van der Waals surface area (Å²) < 4.78 is 48.5. The van der Waals surface area contributed by atoms with Crippen LogP contribution in [0.4, 0.5) is 18.9 Å². The zero-order chi connectivity index (χ0) is 27.2. The highest BCUT2D eigenvalue weighted by molar-refractivity contribution is 6.33. The summed E-state index contributed by atoms with van der Waals surface area (Å²) in [5, 5.41) is 5.60. The molecule has 0 aliphatic heterocycles. The van der Waals surface area contributed by atoms with Gasteiger partial charge in [-0.15, -0.1) is 0 Å². The second-order valence-electron chi connectivity index (χ2n) is 8.95. The number of imidazole rings is 1. The van der Waals surface area contributed by atoms with E-state index in [1.165, 1.54) is 4.57 Å². The maximum Gasteiger partial charge on any atom is 0.434 e. The summed E-state index contributed by atoms with van der Waals surface area (Å²) in [4.78, 5) is 13.0. The first kappa shape index (κ1) is 25.5. The molecule has 3 aromatic heterocycles. The van der Waals surface area contributed by atoms with Gasteiger partial charge in [0, 0.05) is 29.7 Å². The van der Waals surface area contributed by atoms with Crippen molar-refractivity contribution in [2.24, 2.45) is 0 Å². The lowest BCUT2D eigenvalue weighted by Crippen LogP contribution is -2.07. The van der Waals surface area contributed by atoms with E-state index in [0.29, 0.717) is 50.0 Å². The van der Waals surface area contributed by atoms with Crippen LogP contribution in [0, 0.1) is 0 Å². The Labute approximate surface area is 220 Å². The van der Waals surface area contributed by atoms with Gasteiger partial charge in [0.2, 0.25) is 0 Å². The van der Waals surface area contributed by atoms with Gasteiger partial charge in [-0.05, 0) is 37.6 Å². The molecule has 0 saturated carbocycles. The first-order valence-corrected chi connectivity index (χ1v) is 12.0. The number of alkyl halides is 3. The molecular formula is C26H23ClF3N7O. The third-order valence-electron chi connectivity index (χ3n) is 6.10. The van der Waals surface area contributed by atoms with Crippen molar-refractivity contribution in [2.45, 2.75) is 32.6 Å². The van der Waals surface area contributed by atoms with Crippen molar-refractivity contribution in [3.63, 3.8) is 0 Å². The summed E-state index contributed by atoms with van der Waals surface area (Å²) in [6.45, 7) is 3.86. The summed E-state index contributed by atoms with van der Waals surface area (Å²) in [6.07, 6.45) is -0.229. The molecule has 5 aromatic rings. The maximum absolute atomic E-state index is 13.3. The van der Waals surface area contributed by atoms with Gasteiger partial charge in [-0.25, -0.2) is 19.6 Å². The quantitative estimate of drug-likeness (QED) is 0.255. The molecular weight excluding hydrogens is 519 g/mol. The molecule has 38 heavy (non-hydrogen) atoms. The number of methoxy groups -OCH3 is 1. The molecule has 0 amide bonds. The SMILES string of the molecule is COc1cccc(Cl)c1-c1ncc2cnn(Cc3ccc(-c4nc(C(F)(F)F)cn4C(C)C)cc3N)c2n1. The van der Waals surface area contributed by atoms with E-state index in [1.54, 1.807) is 74.4 Å². The minimum Gasteiger partial charge on any atom is -0.496 e. The van der Waals surface area contributed by atoms with Crippen LogP contribution in [0.3, 0.4) is 0 Å². The third-order valence-corrected chi connectivity index (χ3v) is 6.41. The van der Waals surface area contributed by atoms with Crippen LogP contribution >= 0.6 is 11.6 Å². The van der Waals surface area contributed by atoms with Crippen LogP contribution in [0.2, 0.25) is 5.02 Å². The molecule has 2 N–H and O–H groups in total. The Morgan fingerprint density at radius 3 is 2.58 bits per heavy atom. The fourth-order valence-electron chi connectivity index (χ4n) is 4.17. The van der Waals surface area contributed by atoms with E-state index in [1.807, 2.05) is 0 Å². The van der Waals surface area contributed by atoms with Gasteiger partial charge in [0.05, 0.1) is 35.8 Å². The van der Waals surface area contributed by atoms with Crippen molar-refractivity contribution in [1.82, 2.24) is 29.3 Å². The molecule has 0 aliphatic carbocycles. The second kappa shape index (κ2) is 9.64. The summed E-state index contributed by atoms with van der Waals surface area (Å²) in [7, 11) is 1.54. The molecule has 0 aliphatic rings. The molecule has 0 fully saturated rings. The summed E-state index contributed by atoms with van der Waals surface area (Å²) >= 11 is 6.41. The first-order chi connectivity index (χ1) is 18.1. The molecule has 196 valence electrons. The van der Waals surface area contributed by atoms with E-state index in [-0.39, 0.29) is 18.4 Å². The monoisotopic (exact) mass is 541 g/mol. The van der Waals surface area contributed by atoms with E-state index >= 15 is 0 Å². The standard InChI is InChI=1S/C26H23ClF3N7O/c1-14(2)36-13-21(26(28,29)30)34-24(36)15-7-8-16(19(31)9-15)12-37-25-17(11-33-37)10-32-23(35-25)22-18(27)5-4-6-20(22)38-3/h4-11,13-14H,12,31H2,1-3H3. The van der Waals surface area contributed by atoms with Gasteiger partial charge >= 0.3 is 6.18 Å². The fourth-order valence-corrected chi connectivity index (χ4v) is 4.42. The van der Waals surface area contributed by atoms with E-state index in [9.17, 15) is 13.2 Å². The van der Waals surface area contributed by atoms with Crippen molar-refractivity contribution >= 4 is 28.3 Å². The average molecular weight is 542 g/mol. The molecule has 0 bridgehead atoms. The number of fused-ring (bicyclic) bond motifs is 1. The highest BCUT2D eigenvalue weighted by Crippen LogP contribution is 2.36. The van der Waals surface area contributed by atoms with Crippen LogP contribution in [0.5, 0.6) is 5.75 Å². The number of nitrogen functional groups attached to an aromatic ring is 1. The number of nitrogens with two attached hydrogens (primary N) is 1. The number of anilines is 1. The molecule has 8 nitrogen and oxygen atoms in total. The molecule has 2 aromatic carbocycles. The Morgan fingerprint density at radius 2 is 1.89 bits per heavy atom. The molecule has 0 unspecified atom stereocenters. The number of ether oxygens (including phenoxy) is 1.